The average Bonchev–Trinajstić information content (AvgIpc) is 3.20. The van der Waals surface area contributed by atoms with Gasteiger partial charge >= 0.3 is 12.0 Å². The number of ether oxygens (including phenoxy) is 1. The van der Waals surface area contributed by atoms with Gasteiger partial charge in [-0.15, -0.1) is 0 Å². The number of carbonyl (C=O) groups excluding carboxylic acids is 4. The van der Waals surface area contributed by atoms with Gasteiger partial charge in [-0.1, -0.05) is 39.0 Å². The summed E-state index contributed by atoms with van der Waals surface area (Å²) >= 11 is 0. The molecule has 2 fully saturated rings. The number of rotatable bonds is 5. The van der Waals surface area contributed by atoms with Gasteiger partial charge in [-0.3, -0.25) is 19.3 Å². The zero-order valence-corrected chi connectivity index (χ0v) is 19.6. The summed E-state index contributed by atoms with van der Waals surface area (Å²) in [6.07, 6.45) is 2.80. The van der Waals surface area contributed by atoms with Crippen molar-refractivity contribution in [2.75, 3.05) is 13.2 Å². The van der Waals surface area contributed by atoms with E-state index in [-0.39, 0.29) is 17.1 Å². The fraction of sp³-hybridized carbons (Fsp3) is 0.520. The van der Waals surface area contributed by atoms with Gasteiger partial charge in [-0.05, 0) is 50.0 Å². The number of benzene rings is 1. The molecule has 0 bridgehead atoms. The number of aromatic amines is 1. The summed E-state index contributed by atoms with van der Waals surface area (Å²) in [5.74, 6) is -1.03. The molecule has 1 aromatic carbocycles. The van der Waals surface area contributed by atoms with Gasteiger partial charge < -0.3 is 15.0 Å². The minimum atomic E-state index is -0.934. The standard InChI is InChI=1S/C25H31N3O5/c1-15-21(17-7-5-6-8-18(17)26-15)19(29)14-33-20(30)13-28-22(31)25(27-23(28)32)11-9-16(10-12-25)24(2,3)4/h5-8,16,26H,9-14H2,1-4H3,(H,27,32). The Hall–Kier alpha value is -3.16. The molecule has 4 rings (SSSR count). The first-order valence-corrected chi connectivity index (χ1v) is 11.4. The SMILES string of the molecule is Cc1[nH]c2ccccc2c1C(=O)COC(=O)CN1C(=O)NC2(CCC(C(C)(C)C)CC2)C1=O. The van der Waals surface area contributed by atoms with Crippen LogP contribution in [0, 0.1) is 18.3 Å². The summed E-state index contributed by atoms with van der Waals surface area (Å²) in [6.45, 7) is 7.39. The first-order chi connectivity index (χ1) is 15.5. The van der Waals surface area contributed by atoms with E-state index in [4.69, 9.17) is 4.74 Å². The van der Waals surface area contributed by atoms with Crippen LogP contribution in [-0.2, 0) is 14.3 Å². The van der Waals surface area contributed by atoms with E-state index in [9.17, 15) is 19.2 Å². The number of para-hydroxylation sites is 1. The highest BCUT2D eigenvalue weighted by Crippen LogP contribution is 2.43. The number of nitrogens with zero attached hydrogens (tertiary/aromatic N) is 1. The number of ketones is 1. The van der Waals surface area contributed by atoms with Crippen LogP contribution in [0.15, 0.2) is 24.3 Å². The quantitative estimate of drug-likeness (QED) is 0.407. The second kappa shape index (κ2) is 8.32. The van der Waals surface area contributed by atoms with E-state index in [0.29, 0.717) is 30.0 Å². The van der Waals surface area contributed by atoms with Crippen molar-refractivity contribution in [3.05, 3.63) is 35.5 Å². The van der Waals surface area contributed by atoms with E-state index >= 15 is 0 Å². The van der Waals surface area contributed by atoms with E-state index < -0.39 is 30.7 Å². The van der Waals surface area contributed by atoms with Crippen molar-refractivity contribution in [1.82, 2.24) is 15.2 Å². The minimum absolute atomic E-state index is 0.145. The first-order valence-electron chi connectivity index (χ1n) is 11.4. The van der Waals surface area contributed by atoms with Crippen LogP contribution < -0.4 is 5.32 Å². The molecule has 3 amide bonds. The number of aryl methyl sites for hydroxylation is 1. The molecule has 1 aliphatic carbocycles. The highest BCUT2D eigenvalue weighted by Gasteiger charge is 2.53. The lowest BCUT2D eigenvalue weighted by Crippen LogP contribution is -2.50. The molecular weight excluding hydrogens is 422 g/mol. The Morgan fingerprint density at radius 3 is 2.48 bits per heavy atom. The highest BCUT2D eigenvalue weighted by molar-refractivity contribution is 6.11. The van der Waals surface area contributed by atoms with Crippen LogP contribution in [0.3, 0.4) is 0 Å². The van der Waals surface area contributed by atoms with Gasteiger partial charge in [0.1, 0.15) is 12.1 Å². The lowest BCUT2D eigenvalue weighted by molar-refractivity contribution is -0.147. The fourth-order valence-corrected chi connectivity index (χ4v) is 5.16. The first kappa shape index (κ1) is 23.0. The second-order valence-corrected chi connectivity index (χ2v) is 10.3. The van der Waals surface area contributed by atoms with Crippen LogP contribution in [0.25, 0.3) is 10.9 Å². The smallest absolute Gasteiger partial charge is 0.326 e. The van der Waals surface area contributed by atoms with Gasteiger partial charge in [0.2, 0.25) is 5.78 Å². The number of nitrogens with one attached hydrogen (secondary N) is 2. The van der Waals surface area contributed by atoms with Gasteiger partial charge in [-0.2, -0.15) is 0 Å². The van der Waals surface area contributed by atoms with Gasteiger partial charge in [-0.25, -0.2) is 4.79 Å². The summed E-state index contributed by atoms with van der Waals surface area (Å²) in [5.41, 5.74) is 1.21. The molecule has 1 saturated carbocycles. The second-order valence-electron chi connectivity index (χ2n) is 10.3. The number of H-pyrrole nitrogens is 1. The molecule has 1 saturated heterocycles. The lowest BCUT2D eigenvalue weighted by atomic mass is 9.67. The zero-order chi connectivity index (χ0) is 24.0. The number of hydrogen-bond donors (Lipinski definition) is 2. The van der Waals surface area contributed by atoms with Crippen LogP contribution in [0.4, 0.5) is 4.79 Å². The van der Waals surface area contributed by atoms with Gasteiger partial charge in [0.15, 0.2) is 6.61 Å². The molecule has 1 spiro atoms. The third-order valence-electron chi connectivity index (χ3n) is 7.13. The van der Waals surface area contributed by atoms with Crippen molar-refractivity contribution in [3.63, 3.8) is 0 Å². The van der Waals surface area contributed by atoms with Gasteiger partial charge in [0.05, 0.1) is 0 Å². The van der Waals surface area contributed by atoms with E-state index in [1.165, 1.54) is 0 Å². The number of fused-ring (bicyclic) bond motifs is 1. The van der Waals surface area contributed by atoms with Crippen molar-refractivity contribution in [2.24, 2.45) is 11.3 Å². The third-order valence-corrected chi connectivity index (χ3v) is 7.13. The molecule has 8 nitrogen and oxygen atoms in total. The monoisotopic (exact) mass is 453 g/mol. The van der Waals surface area contributed by atoms with Crippen molar-refractivity contribution in [3.8, 4) is 0 Å². The van der Waals surface area contributed by atoms with Crippen LogP contribution >= 0.6 is 0 Å². The Bertz CT molecular complexity index is 1120. The molecule has 176 valence electrons. The van der Waals surface area contributed by atoms with Gasteiger partial charge in [0, 0.05) is 22.2 Å². The van der Waals surface area contributed by atoms with E-state index in [1.807, 2.05) is 24.3 Å². The molecule has 2 aliphatic rings. The van der Waals surface area contributed by atoms with Crippen LogP contribution in [0.1, 0.15) is 62.5 Å². The molecule has 0 radical (unpaired) electrons. The molecule has 2 N–H and O–H groups in total. The Kier molecular flexibility index (Phi) is 5.80. The normalized spacial score (nSPS) is 23.3. The molecule has 2 heterocycles. The Morgan fingerprint density at radius 2 is 1.82 bits per heavy atom. The third kappa shape index (κ3) is 4.26. The van der Waals surface area contributed by atoms with Crippen molar-refractivity contribution in [1.29, 1.82) is 0 Å². The summed E-state index contributed by atoms with van der Waals surface area (Å²) in [7, 11) is 0. The van der Waals surface area contributed by atoms with Crippen molar-refractivity contribution < 1.29 is 23.9 Å². The number of esters is 1. The Morgan fingerprint density at radius 1 is 1.15 bits per heavy atom. The number of hydrogen-bond acceptors (Lipinski definition) is 5. The number of imide groups is 1. The fourth-order valence-electron chi connectivity index (χ4n) is 5.16. The topological polar surface area (TPSA) is 109 Å². The predicted octanol–water partition coefficient (Wildman–Crippen LogP) is 3.73. The van der Waals surface area contributed by atoms with Crippen LogP contribution in [0.2, 0.25) is 0 Å². The molecule has 8 heteroatoms. The largest absolute Gasteiger partial charge is 0.456 e. The minimum Gasteiger partial charge on any atom is -0.456 e. The molecule has 0 unspecified atom stereocenters. The highest BCUT2D eigenvalue weighted by atomic mass is 16.5. The lowest BCUT2D eigenvalue weighted by Gasteiger charge is -2.40. The Balaban J connectivity index is 1.36. The molecule has 0 atom stereocenters. The molecule has 1 aromatic heterocycles. The maximum Gasteiger partial charge on any atom is 0.326 e. The molecule has 2 aromatic rings. The maximum atomic E-state index is 13.1. The Labute approximate surface area is 193 Å². The van der Waals surface area contributed by atoms with E-state index in [2.05, 4.69) is 31.1 Å². The maximum absolute atomic E-state index is 13.1. The summed E-state index contributed by atoms with van der Waals surface area (Å²) < 4.78 is 5.15. The predicted molar refractivity (Wildman–Crippen MR) is 123 cm³/mol. The van der Waals surface area contributed by atoms with Crippen LogP contribution in [-0.4, -0.2) is 52.3 Å². The van der Waals surface area contributed by atoms with Crippen molar-refractivity contribution >= 4 is 34.6 Å². The van der Waals surface area contributed by atoms with E-state index in [1.54, 1.807) is 6.92 Å². The van der Waals surface area contributed by atoms with Gasteiger partial charge in [0.25, 0.3) is 5.91 Å². The zero-order valence-electron chi connectivity index (χ0n) is 19.6. The number of Topliss-reactive ketones (excluding diaryl/α,β-unsaturated/α-hetero) is 1. The number of carbonyl (C=O) groups is 4. The molecular formula is C25H31N3O5. The number of aromatic nitrogens is 1. The van der Waals surface area contributed by atoms with Crippen molar-refractivity contribution in [2.45, 2.75) is 58.9 Å². The summed E-state index contributed by atoms with van der Waals surface area (Å²) in [4.78, 5) is 54.7. The average molecular weight is 454 g/mol. The van der Waals surface area contributed by atoms with E-state index in [0.717, 1.165) is 28.6 Å². The number of amides is 3. The van der Waals surface area contributed by atoms with Crippen LogP contribution in [0.5, 0.6) is 0 Å². The number of urea groups is 1. The summed E-state index contributed by atoms with van der Waals surface area (Å²) in [6, 6.07) is 6.82. The molecule has 1 aliphatic heterocycles. The summed E-state index contributed by atoms with van der Waals surface area (Å²) in [5, 5.41) is 3.58. The molecule has 33 heavy (non-hydrogen) atoms.